The van der Waals surface area contributed by atoms with E-state index in [1.165, 1.54) is 16.8 Å². The third kappa shape index (κ3) is 4.50. The van der Waals surface area contributed by atoms with Gasteiger partial charge in [-0.15, -0.1) is 11.8 Å². The van der Waals surface area contributed by atoms with Crippen molar-refractivity contribution >= 4 is 29.9 Å². The fourth-order valence-electron chi connectivity index (χ4n) is 2.16. The minimum atomic E-state index is 0.807. The van der Waals surface area contributed by atoms with E-state index in [0.29, 0.717) is 0 Å². The van der Waals surface area contributed by atoms with Gasteiger partial charge in [0, 0.05) is 11.3 Å². The summed E-state index contributed by atoms with van der Waals surface area (Å²) in [6, 6.07) is 16.8. The first-order valence-corrected chi connectivity index (χ1v) is 8.46. The molecule has 0 amide bonds. The van der Waals surface area contributed by atoms with E-state index in [2.05, 4.69) is 84.8 Å². The Kier molecular flexibility index (Phi) is 6.28. The first-order valence-electron chi connectivity index (χ1n) is 7.42. The number of nitrogens with one attached hydrogen (secondary N) is 1. The lowest BCUT2D eigenvalue weighted by Crippen LogP contribution is -1.99. The van der Waals surface area contributed by atoms with Gasteiger partial charge in [-0.25, -0.2) is 0 Å². The number of thioether (sulfide) groups is 1. The summed E-state index contributed by atoms with van der Waals surface area (Å²) in [7, 11) is 0. The molecule has 2 aromatic carbocycles. The molecule has 22 heavy (non-hydrogen) atoms. The second kappa shape index (κ2) is 8.44. The molecule has 0 bridgehead atoms. The Morgan fingerprint density at radius 1 is 1.18 bits per heavy atom. The van der Waals surface area contributed by atoms with Crippen molar-refractivity contribution in [1.29, 1.82) is 0 Å². The molecule has 0 aromatic heterocycles. The predicted molar refractivity (Wildman–Crippen MR) is 101 cm³/mol. The van der Waals surface area contributed by atoms with E-state index in [1.54, 1.807) is 11.8 Å². The molecule has 2 rings (SSSR count). The Balaban J connectivity index is 1.95. The summed E-state index contributed by atoms with van der Waals surface area (Å²) < 4.78 is 0. The third-order valence-electron chi connectivity index (χ3n) is 3.46. The second-order valence-corrected chi connectivity index (χ2v) is 5.88. The van der Waals surface area contributed by atoms with Crippen LogP contribution in [0.3, 0.4) is 0 Å². The van der Waals surface area contributed by atoms with Gasteiger partial charge in [-0.1, -0.05) is 55.0 Å². The molecule has 114 valence electrons. The van der Waals surface area contributed by atoms with Gasteiger partial charge in [-0.2, -0.15) is 0 Å². The number of para-hydroxylation sites is 1. The molecule has 2 nitrogen and oxygen atoms in total. The van der Waals surface area contributed by atoms with Gasteiger partial charge in [0.25, 0.3) is 0 Å². The summed E-state index contributed by atoms with van der Waals surface area (Å²) in [5, 5.41) is 5.52. The number of rotatable bonds is 7. The number of hydrogen-bond acceptors (Lipinski definition) is 3. The first-order chi connectivity index (χ1) is 10.7. The zero-order valence-corrected chi connectivity index (χ0v) is 14.0. The number of aliphatic imine (C=N–C) groups is 1. The molecule has 0 unspecified atom stereocenters. The molecule has 3 heteroatoms. The Hall–Kier alpha value is -2.00. The van der Waals surface area contributed by atoms with Gasteiger partial charge in [0.15, 0.2) is 0 Å². The van der Waals surface area contributed by atoms with Crippen molar-refractivity contribution in [3.63, 3.8) is 0 Å². The van der Waals surface area contributed by atoms with E-state index >= 15 is 0 Å². The molecule has 0 saturated carbocycles. The molecule has 0 spiro atoms. The lowest BCUT2D eigenvalue weighted by Gasteiger charge is -2.09. The molecule has 0 fully saturated rings. The number of aryl methyl sites for hydroxylation is 2. The average molecular weight is 310 g/mol. The highest BCUT2D eigenvalue weighted by Crippen LogP contribution is 2.21. The zero-order chi connectivity index (χ0) is 15.8. The lowest BCUT2D eigenvalue weighted by molar-refractivity contribution is 1.14. The molecular formula is C19H22N2S. The molecule has 0 radical (unpaired) electrons. The lowest BCUT2D eigenvalue weighted by atomic mass is 10.1. The van der Waals surface area contributed by atoms with Gasteiger partial charge in [0.1, 0.15) is 0 Å². The van der Waals surface area contributed by atoms with Crippen molar-refractivity contribution in [2.75, 3.05) is 11.2 Å². The van der Waals surface area contributed by atoms with Crippen LogP contribution in [-0.4, -0.2) is 12.6 Å². The second-order valence-electron chi connectivity index (χ2n) is 5.03. The van der Waals surface area contributed by atoms with Crippen molar-refractivity contribution in [2.45, 2.75) is 20.3 Å². The van der Waals surface area contributed by atoms with Crippen LogP contribution in [0.15, 0.2) is 58.9 Å². The monoisotopic (exact) mass is 310 g/mol. The topological polar surface area (TPSA) is 24.4 Å². The molecule has 0 heterocycles. The molecule has 0 aliphatic rings. The van der Waals surface area contributed by atoms with Gasteiger partial charge >= 0.3 is 0 Å². The number of anilines is 1. The van der Waals surface area contributed by atoms with Crippen LogP contribution in [0.4, 0.5) is 5.69 Å². The number of nitrogens with zero attached hydrogens (tertiary/aromatic N) is 1. The molecule has 0 saturated heterocycles. The normalized spacial score (nSPS) is 11.3. The summed E-state index contributed by atoms with van der Waals surface area (Å²) in [4.78, 5) is 4.13. The number of hydrogen-bond donors (Lipinski definition) is 1. The van der Waals surface area contributed by atoms with Crippen molar-refractivity contribution in [1.82, 2.24) is 0 Å². The van der Waals surface area contributed by atoms with Gasteiger partial charge in [-0.05, 0) is 37.1 Å². The standard InChI is InChI=1S/C19H22N2S/c1-4-16-7-5-6-8-18(16)21-14-22-13-19(20-3)17-11-9-15(2)10-12-17/h5-13,21H,3-4,14H2,1-2H3/b19-13-. The van der Waals surface area contributed by atoms with E-state index in [9.17, 15) is 0 Å². The first kappa shape index (κ1) is 16.4. The van der Waals surface area contributed by atoms with Crippen LogP contribution >= 0.6 is 11.8 Å². The van der Waals surface area contributed by atoms with Crippen LogP contribution in [-0.2, 0) is 6.42 Å². The van der Waals surface area contributed by atoms with Crippen molar-refractivity contribution in [3.05, 3.63) is 70.6 Å². The van der Waals surface area contributed by atoms with Crippen LogP contribution in [0, 0.1) is 6.92 Å². The van der Waals surface area contributed by atoms with Crippen LogP contribution < -0.4 is 5.32 Å². The summed E-state index contributed by atoms with van der Waals surface area (Å²) in [6.45, 7) is 7.93. The van der Waals surface area contributed by atoms with Crippen LogP contribution in [0.5, 0.6) is 0 Å². The molecule has 0 aliphatic carbocycles. The summed E-state index contributed by atoms with van der Waals surface area (Å²) in [6.07, 6.45) is 1.03. The summed E-state index contributed by atoms with van der Waals surface area (Å²) in [5.74, 6) is 0.807. The van der Waals surface area contributed by atoms with Crippen molar-refractivity contribution in [3.8, 4) is 0 Å². The molecule has 0 aliphatic heterocycles. The summed E-state index contributed by atoms with van der Waals surface area (Å²) >= 11 is 1.69. The van der Waals surface area contributed by atoms with E-state index in [4.69, 9.17) is 0 Å². The maximum Gasteiger partial charge on any atom is 0.0758 e. The van der Waals surface area contributed by atoms with E-state index in [1.807, 2.05) is 0 Å². The minimum Gasteiger partial charge on any atom is -0.375 e. The molecule has 0 atom stereocenters. The number of benzene rings is 2. The van der Waals surface area contributed by atoms with E-state index in [0.717, 1.165) is 23.6 Å². The van der Waals surface area contributed by atoms with Crippen LogP contribution in [0.25, 0.3) is 5.70 Å². The van der Waals surface area contributed by atoms with E-state index in [-0.39, 0.29) is 0 Å². The molecule has 2 aromatic rings. The quantitative estimate of drug-likeness (QED) is 0.423. The Labute approximate surface area is 137 Å². The highest BCUT2D eigenvalue weighted by atomic mass is 32.2. The van der Waals surface area contributed by atoms with Crippen molar-refractivity contribution < 1.29 is 0 Å². The predicted octanol–water partition coefficient (Wildman–Crippen LogP) is 5.36. The van der Waals surface area contributed by atoms with E-state index < -0.39 is 0 Å². The smallest absolute Gasteiger partial charge is 0.0758 e. The maximum atomic E-state index is 4.13. The average Bonchev–Trinajstić information content (AvgIpc) is 2.56. The molecule has 1 N–H and O–H groups in total. The van der Waals surface area contributed by atoms with Crippen LogP contribution in [0.1, 0.15) is 23.6 Å². The van der Waals surface area contributed by atoms with Gasteiger partial charge in [0.2, 0.25) is 0 Å². The Morgan fingerprint density at radius 2 is 1.91 bits per heavy atom. The van der Waals surface area contributed by atoms with Gasteiger partial charge in [0.05, 0.1) is 11.6 Å². The minimum absolute atomic E-state index is 0.807. The summed E-state index contributed by atoms with van der Waals surface area (Å²) in [5.41, 5.74) is 5.80. The third-order valence-corrected chi connectivity index (χ3v) is 4.16. The Bertz CT molecular complexity index is 645. The maximum absolute atomic E-state index is 4.13. The highest BCUT2D eigenvalue weighted by Gasteiger charge is 2.00. The van der Waals surface area contributed by atoms with Gasteiger partial charge in [-0.3, -0.25) is 4.99 Å². The fraction of sp³-hybridized carbons (Fsp3) is 0.211. The molecular weight excluding hydrogens is 288 g/mol. The zero-order valence-electron chi connectivity index (χ0n) is 13.2. The highest BCUT2D eigenvalue weighted by molar-refractivity contribution is 8.02. The van der Waals surface area contributed by atoms with Gasteiger partial charge < -0.3 is 5.32 Å². The largest absolute Gasteiger partial charge is 0.375 e. The fourth-order valence-corrected chi connectivity index (χ4v) is 2.85. The van der Waals surface area contributed by atoms with Crippen molar-refractivity contribution in [2.24, 2.45) is 4.99 Å². The Morgan fingerprint density at radius 3 is 2.59 bits per heavy atom. The van der Waals surface area contributed by atoms with Crippen LogP contribution in [0.2, 0.25) is 0 Å². The SMILES string of the molecule is C=N/C(=C\SCNc1ccccc1CC)c1ccc(C)cc1.